The zero-order chi connectivity index (χ0) is 18.0. The van der Waals surface area contributed by atoms with Crippen molar-refractivity contribution in [2.45, 2.75) is 32.3 Å². The highest BCUT2D eigenvalue weighted by Gasteiger charge is 2.28. The van der Waals surface area contributed by atoms with Gasteiger partial charge in [-0.25, -0.2) is 5.43 Å². The fourth-order valence-electron chi connectivity index (χ4n) is 2.30. The molecule has 2 aromatic rings. The molecule has 0 fully saturated rings. The van der Waals surface area contributed by atoms with Crippen molar-refractivity contribution in [3.05, 3.63) is 45.4 Å². The Kier molecular flexibility index (Phi) is 5.03. The molecule has 0 saturated carbocycles. The zero-order valence-corrected chi connectivity index (χ0v) is 16.4. The molecular formula is C18H19IN2O4. The topological polar surface area (TPSA) is 73.1 Å². The Bertz CT molecular complexity index is 808. The van der Waals surface area contributed by atoms with Gasteiger partial charge >= 0.3 is 0 Å². The Morgan fingerprint density at radius 1 is 1.28 bits per heavy atom. The average molecular weight is 454 g/mol. The summed E-state index contributed by atoms with van der Waals surface area (Å²) in [5, 5.41) is 3.89. The highest BCUT2D eigenvalue weighted by Crippen LogP contribution is 2.36. The first-order valence-electron chi connectivity index (χ1n) is 7.85. The number of ether oxygens (including phenoxy) is 2. The first kappa shape index (κ1) is 17.8. The summed E-state index contributed by atoms with van der Waals surface area (Å²) in [5.41, 5.74) is 3.55. The van der Waals surface area contributed by atoms with Gasteiger partial charge in [0, 0.05) is 0 Å². The maximum Gasteiger partial charge on any atom is 0.284 e. The van der Waals surface area contributed by atoms with Gasteiger partial charge in [-0.15, -0.1) is 0 Å². The number of nitrogens with zero attached hydrogens (tertiary/aromatic N) is 1. The summed E-state index contributed by atoms with van der Waals surface area (Å²) in [7, 11) is 0. The van der Waals surface area contributed by atoms with Crippen LogP contribution in [0.3, 0.4) is 0 Å². The van der Waals surface area contributed by atoms with Gasteiger partial charge in [-0.05, 0) is 57.8 Å². The number of halogens is 1. The van der Waals surface area contributed by atoms with Gasteiger partial charge in [0.25, 0.3) is 5.91 Å². The number of fused-ring (bicyclic) bond motifs is 1. The lowest BCUT2D eigenvalue weighted by Gasteiger charge is -2.27. The number of hydrogen-bond acceptors (Lipinski definition) is 5. The molecule has 132 valence electrons. The molecule has 0 spiro atoms. The van der Waals surface area contributed by atoms with E-state index in [0.717, 1.165) is 9.33 Å². The van der Waals surface area contributed by atoms with Crippen LogP contribution < -0.4 is 14.9 Å². The van der Waals surface area contributed by atoms with Crippen LogP contribution in [0.5, 0.6) is 11.5 Å². The van der Waals surface area contributed by atoms with Crippen molar-refractivity contribution >= 4 is 34.7 Å². The second-order valence-electron chi connectivity index (χ2n) is 6.71. The molecule has 1 aliphatic rings. The van der Waals surface area contributed by atoms with Crippen LogP contribution in [0.2, 0.25) is 0 Å². The third-order valence-electron chi connectivity index (χ3n) is 3.72. The van der Waals surface area contributed by atoms with E-state index < -0.39 is 6.10 Å². The molecule has 1 N–H and O–H groups in total. The van der Waals surface area contributed by atoms with E-state index in [2.05, 4.69) is 53.9 Å². The Balaban J connectivity index is 1.65. The minimum absolute atomic E-state index is 0.0154. The highest BCUT2D eigenvalue weighted by molar-refractivity contribution is 14.1. The molecule has 0 radical (unpaired) electrons. The molecule has 0 bridgehead atoms. The monoisotopic (exact) mass is 454 g/mol. The van der Waals surface area contributed by atoms with Gasteiger partial charge in [-0.2, -0.15) is 5.10 Å². The molecule has 1 atom stereocenters. The molecule has 6 nitrogen and oxygen atoms in total. The number of hydrogen-bond donors (Lipinski definition) is 1. The maximum absolute atomic E-state index is 12.2. The standard InChI is InChI=1S/C18H19IN2O4/c1-18(2,3)11-4-6-13-14(8-11)25-15(10-23-13)17(22)21-20-9-12-5-7-16(19)24-12/h4-9,15H,10H2,1-3H3,(H,21,22)/b20-9+. The number of furan rings is 1. The van der Waals surface area contributed by atoms with E-state index in [1.165, 1.54) is 6.21 Å². The van der Waals surface area contributed by atoms with E-state index in [1.54, 1.807) is 6.07 Å². The number of nitrogens with one attached hydrogen (secondary N) is 1. The molecule has 0 aliphatic carbocycles. The lowest BCUT2D eigenvalue weighted by Crippen LogP contribution is -2.42. The SMILES string of the molecule is CC(C)(C)c1ccc2c(c1)OC(C(=O)N/N=C/c1ccc(I)o1)CO2. The summed E-state index contributed by atoms with van der Waals surface area (Å²) in [6.07, 6.45) is 0.687. The minimum Gasteiger partial charge on any atom is -0.485 e. The second-order valence-corrected chi connectivity index (χ2v) is 7.77. The van der Waals surface area contributed by atoms with Crippen LogP contribution in [0.1, 0.15) is 32.1 Å². The molecule has 1 aromatic heterocycles. The number of rotatable bonds is 3. The predicted octanol–water partition coefficient (Wildman–Crippen LogP) is 3.47. The Labute approximate surface area is 159 Å². The largest absolute Gasteiger partial charge is 0.485 e. The molecule has 7 heteroatoms. The summed E-state index contributed by atoms with van der Waals surface area (Å²) in [6.45, 7) is 6.50. The number of amides is 1. The van der Waals surface area contributed by atoms with Crippen molar-refractivity contribution in [3.63, 3.8) is 0 Å². The molecule has 0 saturated heterocycles. The number of benzene rings is 1. The summed E-state index contributed by atoms with van der Waals surface area (Å²) in [5.74, 6) is 1.41. The lowest BCUT2D eigenvalue weighted by molar-refractivity contribution is -0.130. The number of carbonyl (C=O) groups is 1. The van der Waals surface area contributed by atoms with Gasteiger partial charge in [-0.3, -0.25) is 4.79 Å². The van der Waals surface area contributed by atoms with Gasteiger partial charge in [0.05, 0.1) is 6.21 Å². The van der Waals surface area contributed by atoms with E-state index in [0.29, 0.717) is 17.3 Å². The fraction of sp³-hybridized carbons (Fsp3) is 0.333. The lowest BCUT2D eigenvalue weighted by atomic mass is 9.87. The Morgan fingerprint density at radius 3 is 2.76 bits per heavy atom. The number of carbonyl (C=O) groups excluding carboxylic acids is 1. The summed E-state index contributed by atoms with van der Waals surface area (Å²) < 4.78 is 17.5. The van der Waals surface area contributed by atoms with Gasteiger partial charge < -0.3 is 13.9 Å². The predicted molar refractivity (Wildman–Crippen MR) is 102 cm³/mol. The summed E-state index contributed by atoms with van der Waals surface area (Å²) in [4.78, 5) is 12.2. The van der Waals surface area contributed by atoms with Crippen molar-refractivity contribution in [1.29, 1.82) is 0 Å². The fourth-order valence-corrected chi connectivity index (χ4v) is 2.73. The van der Waals surface area contributed by atoms with Crippen LogP contribution in [0.4, 0.5) is 0 Å². The van der Waals surface area contributed by atoms with Crippen molar-refractivity contribution < 1.29 is 18.7 Å². The van der Waals surface area contributed by atoms with Crippen LogP contribution in [-0.4, -0.2) is 24.8 Å². The van der Waals surface area contributed by atoms with Crippen LogP contribution in [0.15, 0.2) is 39.9 Å². The third-order valence-corrected chi connectivity index (χ3v) is 4.30. The first-order chi connectivity index (χ1) is 11.8. The molecule has 2 heterocycles. The quantitative estimate of drug-likeness (QED) is 0.438. The van der Waals surface area contributed by atoms with E-state index in [-0.39, 0.29) is 17.9 Å². The maximum atomic E-state index is 12.2. The third kappa shape index (κ3) is 4.33. The summed E-state index contributed by atoms with van der Waals surface area (Å²) >= 11 is 2.06. The minimum atomic E-state index is -0.753. The van der Waals surface area contributed by atoms with E-state index in [1.807, 2.05) is 24.3 Å². The van der Waals surface area contributed by atoms with Crippen molar-refractivity contribution in [2.24, 2.45) is 5.10 Å². The molecule has 1 aromatic carbocycles. The molecule has 25 heavy (non-hydrogen) atoms. The normalized spacial score (nSPS) is 16.9. The van der Waals surface area contributed by atoms with Crippen LogP contribution in [-0.2, 0) is 10.2 Å². The highest BCUT2D eigenvalue weighted by atomic mass is 127. The molecule has 3 rings (SSSR count). The second kappa shape index (κ2) is 7.07. The van der Waals surface area contributed by atoms with Gasteiger partial charge in [0.15, 0.2) is 15.3 Å². The van der Waals surface area contributed by atoms with Crippen LogP contribution in [0.25, 0.3) is 0 Å². The molecule has 1 aliphatic heterocycles. The van der Waals surface area contributed by atoms with Crippen LogP contribution >= 0.6 is 22.6 Å². The Morgan fingerprint density at radius 2 is 2.08 bits per heavy atom. The molecule has 1 unspecified atom stereocenters. The van der Waals surface area contributed by atoms with Gasteiger partial charge in [0.1, 0.15) is 12.4 Å². The summed E-state index contributed by atoms with van der Waals surface area (Å²) in [6, 6.07) is 9.38. The van der Waals surface area contributed by atoms with E-state index in [4.69, 9.17) is 13.9 Å². The van der Waals surface area contributed by atoms with Gasteiger partial charge in [0.2, 0.25) is 6.10 Å². The number of hydrazone groups is 1. The van der Waals surface area contributed by atoms with Crippen molar-refractivity contribution in [1.82, 2.24) is 5.43 Å². The molecule has 1 amide bonds. The Hall–Kier alpha value is -2.03. The zero-order valence-electron chi connectivity index (χ0n) is 14.2. The van der Waals surface area contributed by atoms with Crippen molar-refractivity contribution in [3.8, 4) is 11.5 Å². The average Bonchev–Trinajstić information content (AvgIpc) is 2.98. The van der Waals surface area contributed by atoms with E-state index >= 15 is 0 Å². The van der Waals surface area contributed by atoms with Gasteiger partial charge in [-0.1, -0.05) is 26.8 Å². The molecular weight excluding hydrogens is 435 g/mol. The van der Waals surface area contributed by atoms with Crippen molar-refractivity contribution in [2.75, 3.05) is 6.61 Å². The smallest absolute Gasteiger partial charge is 0.284 e. The van der Waals surface area contributed by atoms with E-state index in [9.17, 15) is 4.79 Å². The first-order valence-corrected chi connectivity index (χ1v) is 8.93. The van der Waals surface area contributed by atoms with Crippen LogP contribution in [0, 0.1) is 3.77 Å².